The van der Waals surface area contributed by atoms with Crippen molar-refractivity contribution in [3.8, 4) is 11.5 Å². The molecule has 0 radical (unpaired) electrons. The van der Waals surface area contributed by atoms with Crippen molar-refractivity contribution in [3.63, 3.8) is 0 Å². The molecule has 0 aliphatic heterocycles. The van der Waals surface area contributed by atoms with Gasteiger partial charge in [-0.1, -0.05) is 31.9 Å². The van der Waals surface area contributed by atoms with Gasteiger partial charge in [0, 0.05) is 15.2 Å². The lowest BCUT2D eigenvalue weighted by atomic mass is 10.1. The third kappa shape index (κ3) is 8.66. The van der Waals surface area contributed by atoms with Crippen molar-refractivity contribution in [3.05, 3.63) is 55.5 Å². The van der Waals surface area contributed by atoms with Gasteiger partial charge in [-0.2, -0.15) is 0 Å². The van der Waals surface area contributed by atoms with Crippen LogP contribution in [0.5, 0.6) is 11.5 Å². The van der Waals surface area contributed by atoms with Crippen molar-refractivity contribution in [2.24, 2.45) is 0 Å². The van der Waals surface area contributed by atoms with Crippen LogP contribution in [-0.4, -0.2) is 32.1 Å². The van der Waals surface area contributed by atoms with Crippen molar-refractivity contribution in [2.45, 2.75) is 34.1 Å². The van der Waals surface area contributed by atoms with Crippen molar-refractivity contribution in [2.75, 3.05) is 18.6 Å². The summed E-state index contributed by atoms with van der Waals surface area (Å²) in [5.74, 6) is 1.29. The van der Waals surface area contributed by atoms with E-state index in [4.69, 9.17) is 9.84 Å². The summed E-state index contributed by atoms with van der Waals surface area (Å²) in [6.45, 7) is 8.34. The number of aryl methyl sites for hydroxylation is 4. The van der Waals surface area contributed by atoms with Crippen molar-refractivity contribution in [1.82, 2.24) is 0 Å². The van der Waals surface area contributed by atoms with E-state index in [2.05, 4.69) is 31.9 Å². The number of aromatic hydroxyl groups is 1. The highest BCUT2D eigenvalue weighted by atomic mass is 79.9. The lowest BCUT2D eigenvalue weighted by molar-refractivity contribution is 0.317. The van der Waals surface area contributed by atoms with Gasteiger partial charge in [-0.05, 0) is 80.6 Å². The van der Waals surface area contributed by atoms with Crippen LogP contribution in [0.25, 0.3) is 0 Å². The maximum Gasteiger partial charge on any atom is 0.147 e. The summed E-state index contributed by atoms with van der Waals surface area (Å²) in [6.07, 6.45) is 1.76. The number of halogens is 2. The Bertz CT molecular complexity index is 847. The van der Waals surface area contributed by atoms with E-state index in [9.17, 15) is 8.42 Å². The maximum absolute atomic E-state index is 10.9. The first-order valence-electron chi connectivity index (χ1n) is 8.43. The van der Waals surface area contributed by atoms with Gasteiger partial charge in [0.05, 0.1) is 12.4 Å². The van der Waals surface area contributed by atoms with Crippen molar-refractivity contribution in [1.29, 1.82) is 0 Å². The third-order valence-corrected chi connectivity index (χ3v) is 7.29. The highest BCUT2D eigenvalue weighted by Gasteiger charge is 2.05. The minimum atomic E-state index is -2.89. The summed E-state index contributed by atoms with van der Waals surface area (Å²) < 4.78 is 29.6. The van der Waals surface area contributed by atoms with Crippen LogP contribution in [-0.2, 0) is 9.84 Å². The Morgan fingerprint density at radius 2 is 1.30 bits per heavy atom. The standard InChI is InChI=1S/C12H17BrO3S.C8H9BrO/c1-9-7-11(8-10(2)12(9)13)16-5-4-6-17(3,14)15;1-5-3-7(10)4-6(2)8(5)9/h7-8H,4-6H2,1-3H3;3-4,10H,1-2H3. The second-order valence-electron chi connectivity index (χ2n) is 6.60. The van der Waals surface area contributed by atoms with Gasteiger partial charge in [0.2, 0.25) is 0 Å². The molecule has 0 aromatic heterocycles. The van der Waals surface area contributed by atoms with Crippen LogP contribution in [0.15, 0.2) is 33.2 Å². The minimum absolute atomic E-state index is 0.168. The number of ether oxygens (including phenoxy) is 1. The zero-order valence-corrected chi connectivity index (χ0v) is 20.3. The summed E-state index contributed by atoms with van der Waals surface area (Å²) in [6, 6.07) is 7.35. The number of phenols is 1. The van der Waals surface area contributed by atoms with Gasteiger partial charge in [0.1, 0.15) is 21.3 Å². The molecule has 150 valence electrons. The fourth-order valence-electron chi connectivity index (χ4n) is 2.42. The van der Waals surface area contributed by atoms with Gasteiger partial charge >= 0.3 is 0 Å². The molecule has 27 heavy (non-hydrogen) atoms. The highest BCUT2D eigenvalue weighted by molar-refractivity contribution is 9.10. The number of rotatable bonds is 5. The Hall–Kier alpha value is -1.05. The van der Waals surface area contributed by atoms with E-state index < -0.39 is 9.84 Å². The van der Waals surface area contributed by atoms with Crippen molar-refractivity contribution < 1.29 is 18.3 Å². The number of benzene rings is 2. The Labute approximate surface area is 179 Å². The molecule has 0 spiro atoms. The first-order valence-corrected chi connectivity index (χ1v) is 12.1. The number of sulfone groups is 1. The molecule has 2 rings (SSSR count). The first kappa shape index (κ1) is 24.0. The van der Waals surface area contributed by atoms with Gasteiger partial charge < -0.3 is 9.84 Å². The molecule has 1 N–H and O–H groups in total. The minimum Gasteiger partial charge on any atom is -0.508 e. The van der Waals surface area contributed by atoms with Gasteiger partial charge in [-0.25, -0.2) is 8.42 Å². The van der Waals surface area contributed by atoms with Gasteiger partial charge in [-0.15, -0.1) is 0 Å². The van der Waals surface area contributed by atoms with Gasteiger partial charge in [0.25, 0.3) is 0 Å². The van der Waals surface area contributed by atoms with Crippen LogP contribution in [0.1, 0.15) is 28.7 Å². The maximum atomic E-state index is 10.9. The molecule has 0 amide bonds. The molecule has 2 aromatic carbocycles. The average molecular weight is 522 g/mol. The quantitative estimate of drug-likeness (QED) is 0.516. The molecule has 0 aliphatic carbocycles. The van der Waals surface area contributed by atoms with Crippen LogP contribution in [0.2, 0.25) is 0 Å². The summed E-state index contributed by atoms with van der Waals surface area (Å²) in [7, 11) is -2.89. The van der Waals surface area contributed by atoms with E-state index in [0.717, 1.165) is 36.9 Å². The molecule has 0 saturated heterocycles. The second kappa shape index (κ2) is 10.5. The fraction of sp³-hybridized carbons (Fsp3) is 0.400. The topological polar surface area (TPSA) is 63.6 Å². The zero-order chi connectivity index (χ0) is 20.8. The predicted octanol–water partition coefficient (Wildman–Crippen LogP) is 5.65. The van der Waals surface area contributed by atoms with Gasteiger partial charge in [0.15, 0.2) is 0 Å². The first-order chi connectivity index (χ1) is 12.4. The van der Waals surface area contributed by atoms with Crippen LogP contribution in [0, 0.1) is 27.7 Å². The third-order valence-electron chi connectivity index (χ3n) is 3.76. The average Bonchev–Trinajstić information content (AvgIpc) is 2.54. The highest BCUT2D eigenvalue weighted by Crippen LogP contribution is 2.26. The van der Waals surface area contributed by atoms with E-state index in [1.807, 2.05) is 39.8 Å². The zero-order valence-electron chi connectivity index (χ0n) is 16.3. The van der Waals surface area contributed by atoms with E-state index in [0.29, 0.717) is 18.8 Å². The number of hydrogen-bond donors (Lipinski definition) is 1. The SMILES string of the molecule is Cc1cc(O)cc(C)c1Br.Cc1cc(OCCCS(C)(=O)=O)cc(C)c1Br. The van der Waals surface area contributed by atoms with E-state index >= 15 is 0 Å². The van der Waals surface area contributed by atoms with Crippen LogP contribution >= 0.6 is 31.9 Å². The van der Waals surface area contributed by atoms with E-state index in [-0.39, 0.29) is 5.75 Å². The Balaban J connectivity index is 0.000000309. The normalized spacial score (nSPS) is 10.9. The molecule has 0 atom stereocenters. The fourth-order valence-corrected chi connectivity index (χ4v) is 3.52. The summed E-state index contributed by atoms with van der Waals surface area (Å²) >= 11 is 6.89. The van der Waals surface area contributed by atoms with E-state index in [1.165, 1.54) is 6.26 Å². The molecule has 2 aromatic rings. The Morgan fingerprint density at radius 1 is 0.889 bits per heavy atom. The smallest absolute Gasteiger partial charge is 0.147 e. The van der Waals surface area contributed by atoms with E-state index in [1.54, 1.807) is 12.1 Å². The largest absolute Gasteiger partial charge is 0.508 e. The van der Waals surface area contributed by atoms with Crippen LogP contribution in [0.4, 0.5) is 0 Å². The molecule has 0 unspecified atom stereocenters. The summed E-state index contributed by atoms with van der Waals surface area (Å²) in [4.78, 5) is 0. The number of phenolic OH excluding ortho intramolecular Hbond substituents is 1. The molecular formula is C20H26Br2O4S. The Kier molecular flexibility index (Phi) is 9.31. The molecule has 0 heterocycles. The van der Waals surface area contributed by atoms with Gasteiger partial charge in [-0.3, -0.25) is 0 Å². The van der Waals surface area contributed by atoms with Crippen LogP contribution < -0.4 is 4.74 Å². The lowest BCUT2D eigenvalue weighted by Crippen LogP contribution is -2.08. The second-order valence-corrected chi connectivity index (χ2v) is 10.4. The lowest BCUT2D eigenvalue weighted by Gasteiger charge is -2.09. The molecule has 0 saturated carbocycles. The number of hydrogen-bond acceptors (Lipinski definition) is 4. The molecule has 0 fully saturated rings. The molecular weight excluding hydrogens is 496 g/mol. The van der Waals surface area contributed by atoms with Crippen molar-refractivity contribution >= 4 is 41.7 Å². The monoisotopic (exact) mass is 520 g/mol. The predicted molar refractivity (Wildman–Crippen MR) is 119 cm³/mol. The molecule has 0 aliphatic rings. The summed E-state index contributed by atoms with van der Waals surface area (Å²) in [5, 5.41) is 9.10. The van der Waals surface area contributed by atoms with Crippen LogP contribution in [0.3, 0.4) is 0 Å². The molecule has 4 nitrogen and oxygen atoms in total. The Morgan fingerprint density at radius 3 is 1.70 bits per heavy atom. The molecule has 0 bridgehead atoms. The summed E-state index contributed by atoms with van der Waals surface area (Å²) in [5.41, 5.74) is 4.36. The molecule has 7 heteroatoms.